The zero-order chi connectivity index (χ0) is 15.2. The summed E-state index contributed by atoms with van der Waals surface area (Å²) >= 11 is 0. The number of rotatable bonds is 8. The van der Waals surface area contributed by atoms with Crippen LogP contribution in [0.1, 0.15) is 33.1 Å². The predicted octanol–water partition coefficient (Wildman–Crippen LogP) is -0.960. The lowest BCUT2D eigenvalue weighted by Gasteiger charge is -2.21. The molecule has 0 bridgehead atoms. The Morgan fingerprint density at radius 1 is 1.32 bits per heavy atom. The van der Waals surface area contributed by atoms with Gasteiger partial charge in [-0.3, -0.25) is 14.2 Å². The van der Waals surface area contributed by atoms with Crippen LogP contribution in [0.2, 0.25) is 0 Å². The molecule has 19 heavy (non-hydrogen) atoms. The van der Waals surface area contributed by atoms with Crippen molar-refractivity contribution in [2.75, 3.05) is 0 Å². The summed E-state index contributed by atoms with van der Waals surface area (Å²) in [5, 5.41) is 2.08. The number of Topliss-reactive ketones (excluding diaryl/α,β-unsaturated/α-hetero) is 1. The van der Waals surface area contributed by atoms with E-state index in [1.54, 1.807) is 0 Å². The minimum atomic E-state index is -4.65. The Morgan fingerprint density at radius 3 is 2.21 bits per heavy atom. The predicted molar refractivity (Wildman–Crippen MR) is 70.1 cm³/mol. The van der Waals surface area contributed by atoms with E-state index in [4.69, 9.17) is 21.3 Å². The second-order valence-corrected chi connectivity index (χ2v) is 6.27. The first kappa shape index (κ1) is 18.2. The van der Waals surface area contributed by atoms with E-state index in [0.717, 1.165) is 0 Å². The third-order valence-electron chi connectivity index (χ3n) is 2.54. The monoisotopic (exact) mass is 295 g/mol. The maximum absolute atomic E-state index is 11.7. The van der Waals surface area contributed by atoms with Gasteiger partial charge in [-0.25, -0.2) is 0 Å². The molecule has 0 aromatic carbocycles. The topological polar surface area (TPSA) is 156 Å². The van der Waals surface area contributed by atoms with Gasteiger partial charge in [0.05, 0.1) is 12.1 Å². The molecule has 0 spiro atoms. The Hall–Kier alpha value is -0.790. The van der Waals surface area contributed by atoms with Crippen LogP contribution in [0.4, 0.5) is 0 Å². The average Bonchev–Trinajstić information content (AvgIpc) is 2.26. The first-order valence-corrected chi connectivity index (χ1v) is 7.67. The van der Waals surface area contributed by atoms with Crippen molar-refractivity contribution in [1.29, 1.82) is 0 Å². The fourth-order valence-corrected chi connectivity index (χ4v) is 2.08. The van der Waals surface area contributed by atoms with Gasteiger partial charge in [0, 0.05) is 6.42 Å². The van der Waals surface area contributed by atoms with Crippen LogP contribution in [-0.4, -0.2) is 39.3 Å². The third kappa shape index (κ3) is 6.79. The Morgan fingerprint density at radius 2 is 1.84 bits per heavy atom. The van der Waals surface area contributed by atoms with Crippen LogP contribution in [0, 0.1) is 0 Å². The highest BCUT2D eigenvalue weighted by atomic mass is 31.2. The van der Waals surface area contributed by atoms with Crippen molar-refractivity contribution in [3.05, 3.63) is 0 Å². The van der Waals surface area contributed by atoms with Crippen LogP contribution < -0.4 is 16.8 Å². The molecule has 112 valence electrons. The van der Waals surface area contributed by atoms with Crippen LogP contribution in [0.3, 0.4) is 0 Å². The molecule has 9 heteroatoms. The van der Waals surface area contributed by atoms with Crippen molar-refractivity contribution in [3.8, 4) is 0 Å². The number of nitrogens with one attached hydrogen (secondary N) is 1. The zero-order valence-electron chi connectivity index (χ0n) is 11.1. The number of hydrogen-bond donors (Lipinski definition) is 5. The lowest BCUT2D eigenvalue weighted by atomic mass is 10.1. The molecule has 0 fully saturated rings. The molecular formula is C10H22N3O5P. The van der Waals surface area contributed by atoms with Gasteiger partial charge in [-0.1, -0.05) is 13.3 Å². The Bertz CT molecular complexity index is 368. The highest BCUT2D eigenvalue weighted by Crippen LogP contribution is 2.41. The highest BCUT2D eigenvalue weighted by Gasteiger charge is 2.34. The summed E-state index contributed by atoms with van der Waals surface area (Å²) in [4.78, 5) is 41.3. The molecule has 1 amide bonds. The van der Waals surface area contributed by atoms with E-state index >= 15 is 0 Å². The van der Waals surface area contributed by atoms with Gasteiger partial charge >= 0.3 is 7.60 Å². The number of nitrogens with two attached hydrogens (primary N) is 2. The van der Waals surface area contributed by atoms with E-state index < -0.39 is 43.6 Å². The molecule has 0 aliphatic carbocycles. The van der Waals surface area contributed by atoms with Gasteiger partial charge in [0.15, 0.2) is 5.78 Å². The van der Waals surface area contributed by atoms with Gasteiger partial charge in [-0.2, -0.15) is 0 Å². The minimum Gasteiger partial charge on any atom is -0.340 e. The normalized spacial score (nSPS) is 16.5. The number of carbonyl (C=O) groups is 2. The van der Waals surface area contributed by atoms with Gasteiger partial charge in [0.2, 0.25) is 5.91 Å². The summed E-state index contributed by atoms with van der Waals surface area (Å²) in [5.41, 5.74) is 10.9. The van der Waals surface area contributed by atoms with E-state index in [1.165, 1.54) is 6.92 Å². The van der Waals surface area contributed by atoms with Crippen molar-refractivity contribution in [1.82, 2.24) is 5.32 Å². The van der Waals surface area contributed by atoms with Crippen molar-refractivity contribution in [2.24, 2.45) is 11.5 Å². The summed E-state index contributed by atoms with van der Waals surface area (Å²) < 4.78 is 11.3. The molecule has 0 aliphatic heterocycles. The Labute approximate surface area is 112 Å². The lowest BCUT2D eigenvalue weighted by molar-refractivity contribution is -0.123. The first-order chi connectivity index (χ1) is 8.59. The maximum Gasteiger partial charge on any atom is 0.348 e. The van der Waals surface area contributed by atoms with E-state index in [0.29, 0.717) is 12.8 Å². The van der Waals surface area contributed by atoms with Crippen LogP contribution in [0.5, 0.6) is 0 Å². The molecule has 0 rings (SSSR count). The summed E-state index contributed by atoms with van der Waals surface area (Å²) in [5.74, 6) is -2.81. The summed E-state index contributed by atoms with van der Waals surface area (Å²) in [6, 6.07) is -1.71. The molecule has 8 nitrogen and oxygen atoms in total. The van der Waals surface area contributed by atoms with Crippen molar-refractivity contribution >= 4 is 19.3 Å². The molecule has 0 aliphatic rings. The highest BCUT2D eigenvalue weighted by molar-refractivity contribution is 7.52. The summed E-state index contributed by atoms with van der Waals surface area (Å²) in [6.45, 7) is 3.21. The molecule has 0 aromatic rings. The zero-order valence-corrected chi connectivity index (χ0v) is 12.0. The van der Waals surface area contributed by atoms with Gasteiger partial charge in [-0.15, -0.1) is 0 Å². The summed E-state index contributed by atoms with van der Waals surface area (Å²) in [7, 11) is -4.65. The lowest BCUT2D eigenvalue weighted by Crippen LogP contribution is -2.46. The van der Waals surface area contributed by atoms with Gasteiger partial charge < -0.3 is 26.6 Å². The van der Waals surface area contributed by atoms with Crippen LogP contribution >= 0.6 is 7.60 Å². The number of amides is 1. The number of ketones is 1. The second kappa shape index (κ2) is 7.72. The molecular weight excluding hydrogens is 273 g/mol. The van der Waals surface area contributed by atoms with Crippen molar-refractivity contribution in [3.63, 3.8) is 0 Å². The molecule has 0 heterocycles. The Balaban J connectivity index is 4.76. The van der Waals surface area contributed by atoms with E-state index in [1.807, 2.05) is 6.92 Å². The molecule has 7 N–H and O–H groups in total. The van der Waals surface area contributed by atoms with Gasteiger partial charge in [0.25, 0.3) is 0 Å². The van der Waals surface area contributed by atoms with E-state index in [-0.39, 0.29) is 0 Å². The largest absolute Gasteiger partial charge is 0.348 e. The standard InChI is InChI=1S/C10H22N3O5P/c1-3-4-7(12)8(14)5-9(19(16,17)18)13-10(15)6(2)11/h6-7,9H,3-5,11-12H2,1-2H3,(H,13,15)(H2,16,17,18)/t6-,7-,9?/m0/s1. The van der Waals surface area contributed by atoms with Crippen LogP contribution in [0.15, 0.2) is 0 Å². The van der Waals surface area contributed by atoms with E-state index in [9.17, 15) is 14.2 Å². The second-order valence-electron chi connectivity index (χ2n) is 4.47. The molecule has 1 unspecified atom stereocenters. The average molecular weight is 295 g/mol. The fourth-order valence-electron chi connectivity index (χ4n) is 1.36. The van der Waals surface area contributed by atoms with Gasteiger partial charge in [0.1, 0.15) is 5.78 Å². The number of carbonyl (C=O) groups excluding carboxylic acids is 2. The minimum absolute atomic E-state index is 0.425. The Kier molecular flexibility index (Phi) is 7.39. The van der Waals surface area contributed by atoms with E-state index in [2.05, 4.69) is 5.32 Å². The first-order valence-electron chi connectivity index (χ1n) is 5.99. The van der Waals surface area contributed by atoms with Crippen molar-refractivity contribution in [2.45, 2.75) is 51.0 Å². The van der Waals surface area contributed by atoms with Gasteiger partial charge in [-0.05, 0) is 13.3 Å². The number of hydrogen-bond acceptors (Lipinski definition) is 5. The van der Waals surface area contributed by atoms with Crippen molar-refractivity contribution < 1.29 is 23.9 Å². The smallest absolute Gasteiger partial charge is 0.340 e. The quantitative estimate of drug-likeness (QED) is 0.361. The third-order valence-corrected chi connectivity index (χ3v) is 3.66. The molecule has 0 radical (unpaired) electrons. The molecule has 0 saturated carbocycles. The molecule has 0 saturated heterocycles. The SMILES string of the molecule is CCC[C@H](N)C(=O)CC(NC(=O)[C@H](C)N)P(=O)(O)O. The molecule has 0 aromatic heterocycles. The fraction of sp³-hybridized carbons (Fsp3) is 0.800. The van der Waals surface area contributed by atoms with Crippen LogP contribution in [0.25, 0.3) is 0 Å². The van der Waals surface area contributed by atoms with Crippen LogP contribution in [-0.2, 0) is 14.2 Å². The summed E-state index contributed by atoms with van der Waals surface area (Å²) in [6.07, 6.45) is 0.595. The molecule has 3 atom stereocenters. The maximum atomic E-state index is 11.7.